The topological polar surface area (TPSA) is 65.4 Å². The third kappa shape index (κ3) is 4.61. The highest BCUT2D eigenvalue weighted by Crippen LogP contribution is 2.35. The quantitative estimate of drug-likeness (QED) is 0.176. The molecule has 0 fully saturated rings. The molecule has 1 heterocycles. The molecule has 0 unspecified atom stereocenters. The number of nitrogens with zero attached hydrogens (tertiary/aromatic N) is 1. The van der Waals surface area contributed by atoms with Crippen molar-refractivity contribution in [2.75, 3.05) is 7.11 Å². The molecule has 0 saturated heterocycles. The summed E-state index contributed by atoms with van der Waals surface area (Å²) in [6.07, 6.45) is -0.386. The van der Waals surface area contributed by atoms with Gasteiger partial charge >= 0.3 is 5.97 Å². The number of methoxy groups -OCH3 is 1. The van der Waals surface area contributed by atoms with E-state index >= 15 is 4.39 Å². The van der Waals surface area contributed by atoms with E-state index in [-0.39, 0.29) is 16.9 Å². The molecular formula is C27H23F4NO4S. The van der Waals surface area contributed by atoms with Gasteiger partial charge in [0.1, 0.15) is 0 Å². The van der Waals surface area contributed by atoms with Gasteiger partial charge in [0, 0.05) is 12.5 Å². The van der Waals surface area contributed by atoms with Crippen LogP contribution in [0, 0.1) is 23.3 Å². The van der Waals surface area contributed by atoms with Crippen LogP contribution in [0.4, 0.5) is 17.6 Å². The number of ether oxygens (including phenoxy) is 1. The van der Waals surface area contributed by atoms with Gasteiger partial charge in [0.05, 0.1) is 34.2 Å². The van der Waals surface area contributed by atoms with Crippen molar-refractivity contribution >= 4 is 26.9 Å². The first-order valence-corrected chi connectivity index (χ1v) is 12.6. The Morgan fingerprint density at radius 3 is 2.16 bits per heavy atom. The molecule has 0 bridgehead atoms. The van der Waals surface area contributed by atoms with E-state index in [9.17, 15) is 26.4 Å². The minimum Gasteiger partial charge on any atom is -0.465 e. The molecule has 0 aliphatic heterocycles. The zero-order chi connectivity index (χ0) is 27.3. The van der Waals surface area contributed by atoms with Gasteiger partial charge in [0.2, 0.25) is 0 Å². The van der Waals surface area contributed by atoms with Crippen molar-refractivity contribution in [2.45, 2.75) is 37.5 Å². The molecule has 0 amide bonds. The molecule has 0 aliphatic rings. The van der Waals surface area contributed by atoms with Gasteiger partial charge in [-0.25, -0.2) is 34.7 Å². The van der Waals surface area contributed by atoms with Gasteiger partial charge in [-0.05, 0) is 40.8 Å². The van der Waals surface area contributed by atoms with Crippen LogP contribution >= 0.6 is 0 Å². The van der Waals surface area contributed by atoms with Crippen molar-refractivity contribution in [3.8, 4) is 0 Å². The van der Waals surface area contributed by atoms with E-state index in [2.05, 4.69) is 4.74 Å². The number of benzene rings is 3. The lowest BCUT2D eigenvalue weighted by Crippen LogP contribution is -2.18. The summed E-state index contributed by atoms with van der Waals surface area (Å²) in [6.45, 7) is 5.63. The standard InChI is InChI=1S/C27H23F4NO4S/c1-27(2,3)17-6-5-7-18(13-17)37(34,35)32-20-14-19(28)23(29)25(31)22(20)24(30)21(32)12-15-8-10-16(11-9-15)26(33)36-4/h5-11,13-14H,12H2,1-4H3. The fourth-order valence-electron chi connectivity index (χ4n) is 4.05. The molecule has 0 radical (unpaired) electrons. The Bertz CT molecular complexity index is 1640. The van der Waals surface area contributed by atoms with E-state index in [0.29, 0.717) is 21.2 Å². The van der Waals surface area contributed by atoms with Gasteiger partial charge in [-0.2, -0.15) is 0 Å². The minimum absolute atomic E-state index is 0.203. The Labute approximate surface area is 211 Å². The molecule has 0 saturated carbocycles. The number of hydrogen-bond acceptors (Lipinski definition) is 4. The van der Waals surface area contributed by atoms with Crippen LogP contribution in [-0.2, 0) is 26.6 Å². The Morgan fingerprint density at radius 1 is 0.919 bits per heavy atom. The molecule has 0 atom stereocenters. The lowest BCUT2D eigenvalue weighted by molar-refractivity contribution is 0.0600. The summed E-state index contributed by atoms with van der Waals surface area (Å²) >= 11 is 0. The van der Waals surface area contributed by atoms with E-state index in [1.54, 1.807) is 6.07 Å². The Hall–Kier alpha value is -3.66. The molecule has 0 spiro atoms. The number of carbonyl (C=O) groups is 1. The van der Waals surface area contributed by atoms with Crippen LogP contribution in [0.5, 0.6) is 0 Å². The van der Waals surface area contributed by atoms with E-state index in [0.717, 1.165) is 0 Å². The van der Waals surface area contributed by atoms with Crippen molar-refractivity contribution in [3.63, 3.8) is 0 Å². The predicted molar refractivity (Wildman–Crippen MR) is 130 cm³/mol. The molecule has 3 aromatic carbocycles. The maximum absolute atomic E-state index is 15.6. The van der Waals surface area contributed by atoms with Gasteiger partial charge in [0.15, 0.2) is 23.3 Å². The lowest BCUT2D eigenvalue weighted by atomic mass is 9.87. The smallest absolute Gasteiger partial charge is 0.337 e. The first-order chi connectivity index (χ1) is 17.3. The summed E-state index contributed by atoms with van der Waals surface area (Å²) in [6, 6.07) is 12.1. The molecule has 0 N–H and O–H groups in total. The van der Waals surface area contributed by atoms with Crippen LogP contribution < -0.4 is 0 Å². The summed E-state index contributed by atoms with van der Waals surface area (Å²) in [7, 11) is -3.40. The summed E-state index contributed by atoms with van der Waals surface area (Å²) in [5, 5.41) is -0.976. The molecule has 4 aromatic rings. The van der Waals surface area contributed by atoms with Crippen molar-refractivity contribution < 1.29 is 35.5 Å². The second kappa shape index (κ2) is 9.33. The fourth-order valence-corrected chi connectivity index (χ4v) is 5.63. The molecule has 10 heteroatoms. The Kier molecular flexibility index (Phi) is 6.66. The highest BCUT2D eigenvalue weighted by atomic mass is 32.2. The number of fused-ring (bicyclic) bond motifs is 1. The monoisotopic (exact) mass is 533 g/mol. The molecule has 1 aromatic heterocycles. The molecular weight excluding hydrogens is 510 g/mol. The first-order valence-electron chi connectivity index (χ1n) is 11.2. The number of carbonyl (C=O) groups excluding carboxylic acids is 1. The highest BCUT2D eigenvalue weighted by molar-refractivity contribution is 7.90. The third-order valence-corrected chi connectivity index (χ3v) is 7.81. The summed E-state index contributed by atoms with van der Waals surface area (Å²) in [4.78, 5) is 11.5. The predicted octanol–water partition coefficient (Wildman–Crippen LogP) is 6.11. The Balaban J connectivity index is 1.98. The van der Waals surface area contributed by atoms with Crippen molar-refractivity contribution in [1.82, 2.24) is 3.97 Å². The van der Waals surface area contributed by atoms with Crippen LogP contribution in [0.25, 0.3) is 10.9 Å². The average Bonchev–Trinajstić information content (AvgIpc) is 3.13. The summed E-state index contributed by atoms with van der Waals surface area (Å²) in [5.74, 6) is -7.34. The van der Waals surface area contributed by atoms with Crippen LogP contribution in [-0.4, -0.2) is 25.5 Å². The number of aromatic nitrogens is 1. The maximum Gasteiger partial charge on any atom is 0.337 e. The lowest BCUT2D eigenvalue weighted by Gasteiger charge is -2.20. The number of hydrogen-bond donors (Lipinski definition) is 0. The zero-order valence-electron chi connectivity index (χ0n) is 20.4. The first kappa shape index (κ1) is 26.4. The van der Waals surface area contributed by atoms with Gasteiger partial charge in [-0.3, -0.25) is 0 Å². The van der Waals surface area contributed by atoms with E-state index in [4.69, 9.17) is 0 Å². The van der Waals surface area contributed by atoms with E-state index in [1.165, 1.54) is 49.6 Å². The average molecular weight is 534 g/mol. The second-order valence-electron chi connectivity index (χ2n) is 9.55. The van der Waals surface area contributed by atoms with Crippen molar-refractivity contribution in [1.29, 1.82) is 0 Å². The second-order valence-corrected chi connectivity index (χ2v) is 11.3. The molecule has 0 aliphatic carbocycles. The van der Waals surface area contributed by atoms with Crippen LogP contribution in [0.1, 0.15) is 48.0 Å². The largest absolute Gasteiger partial charge is 0.465 e. The highest BCUT2D eigenvalue weighted by Gasteiger charge is 2.32. The minimum atomic E-state index is -4.60. The number of rotatable bonds is 5. The van der Waals surface area contributed by atoms with Crippen LogP contribution in [0.3, 0.4) is 0 Å². The number of esters is 1. The van der Waals surface area contributed by atoms with Gasteiger partial charge < -0.3 is 4.74 Å². The van der Waals surface area contributed by atoms with Crippen LogP contribution in [0.2, 0.25) is 0 Å². The van der Waals surface area contributed by atoms with Gasteiger partial charge in [0.25, 0.3) is 10.0 Å². The third-order valence-electron chi connectivity index (χ3n) is 6.06. The van der Waals surface area contributed by atoms with Crippen molar-refractivity contribution in [2.24, 2.45) is 0 Å². The van der Waals surface area contributed by atoms with Crippen LogP contribution in [0.15, 0.2) is 59.5 Å². The van der Waals surface area contributed by atoms with Gasteiger partial charge in [-0.1, -0.05) is 45.0 Å². The van der Waals surface area contributed by atoms with Crippen molar-refractivity contribution in [3.05, 3.63) is 100 Å². The maximum atomic E-state index is 15.6. The summed E-state index contributed by atoms with van der Waals surface area (Å²) < 4.78 is 91.5. The summed E-state index contributed by atoms with van der Waals surface area (Å²) in [5.41, 5.74) is -0.401. The van der Waals surface area contributed by atoms with E-state index < -0.39 is 61.3 Å². The zero-order valence-corrected chi connectivity index (χ0v) is 21.2. The van der Waals surface area contributed by atoms with Gasteiger partial charge in [-0.15, -0.1) is 0 Å². The fraction of sp³-hybridized carbons (Fsp3) is 0.222. The molecule has 194 valence electrons. The normalized spacial score (nSPS) is 12.2. The molecule has 4 rings (SSSR count). The number of halogens is 4. The van der Waals surface area contributed by atoms with E-state index in [1.807, 2.05) is 20.8 Å². The SMILES string of the molecule is COC(=O)c1ccc(Cc2c(F)c3c(F)c(F)c(F)cc3n2S(=O)(=O)c2cccc(C(C)(C)C)c2)cc1. The molecule has 37 heavy (non-hydrogen) atoms. The Morgan fingerprint density at radius 2 is 1.57 bits per heavy atom. The molecule has 5 nitrogen and oxygen atoms in total.